The number of rotatable bonds is 9. The molecule has 0 saturated carbocycles. The van der Waals surface area contributed by atoms with E-state index in [0.29, 0.717) is 11.4 Å². The number of benzene rings is 2. The first-order valence-corrected chi connectivity index (χ1v) is 14.2. The Balaban J connectivity index is 0.000000304. The van der Waals surface area contributed by atoms with E-state index < -0.39 is 16.1 Å². The molecule has 1 atom stereocenters. The Kier molecular flexibility index (Phi) is 11.2. The highest BCUT2D eigenvalue weighted by atomic mass is 35.5. The molecule has 0 spiro atoms. The largest absolute Gasteiger partial charge is 0.481 e. The highest BCUT2D eigenvalue weighted by molar-refractivity contribution is 7.85. The normalized spacial score (nSPS) is 15.3. The lowest BCUT2D eigenvalue weighted by molar-refractivity contribution is -0.137. The Morgan fingerprint density at radius 2 is 1.74 bits per heavy atom. The highest BCUT2D eigenvalue weighted by Crippen LogP contribution is 2.29. The van der Waals surface area contributed by atoms with Crippen LogP contribution in [0.3, 0.4) is 0 Å². The Morgan fingerprint density at radius 1 is 1.08 bits per heavy atom. The van der Waals surface area contributed by atoms with Crippen molar-refractivity contribution in [2.45, 2.75) is 49.7 Å². The molecule has 1 aromatic heterocycles. The predicted molar refractivity (Wildman–Crippen MR) is 146 cm³/mol. The molecule has 1 saturated heterocycles. The summed E-state index contributed by atoms with van der Waals surface area (Å²) in [6, 6.07) is 19.6. The first kappa shape index (κ1) is 29.7. The molecule has 8 nitrogen and oxygen atoms in total. The number of carboxylic acid groups (broad SMARTS) is 1. The van der Waals surface area contributed by atoms with E-state index in [4.69, 9.17) is 26.0 Å². The number of hydrogen-bond donors (Lipinski definition) is 2. The molecule has 0 aliphatic carbocycles. The van der Waals surface area contributed by atoms with Crippen LogP contribution >= 0.6 is 11.6 Å². The van der Waals surface area contributed by atoms with Gasteiger partial charge < -0.3 is 14.7 Å². The number of halogens is 1. The van der Waals surface area contributed by atoms with Crippen molar-refractivity contribution in [1.29, 1.82) is 0 Å². The van der Waals surface area contributed by atoms with E-state index >= 15 is 0 Å². The van der Waals surface area contributed by atoms with E-state index in [1.54, 1.807) is 18.3 Å². The first-order valence-electron chi connectivity index (χ1n) is 12.4. The smallest absolute Gasteiger partial charge is 0.303 e. The van der Waals surface area contributed by atoms with Crippen LogP contribution in [0.1, 0.15) is 48.6 Å². The van der Waals surface area contributed by atoms with E-state index in [9.17, 15) is 13.2 Å². The maximum atomic E-state index is 10.7. The van der Waals surface area contributed by atoms with Gasteiger partial charge in [0, 0.05) is 30.7 Å². The summed E-state index contributed by atoms with van der Waals surface area (Å²) in [6.07, 6.45) is 4.52. The van der Waals surface area contributed by atoms with Crippen molar-refractivity contribution >= 4 is 27.7 Å². The summed E-state index contributed by atoms with van der Waals surface area (Å²) >= 11 is 6.03. The van der Waals surface area contributed by atoms with Crippen molar-refractivity contribution in [2.24, 2.45) is 0 Å². The molecule has 4 rings (SSSR count). The molecule has 38 heavy (non-hydrogen) atoms. The van der Waals surface area contributed by atoms with Crippen molar-refractivity contribution in [3.05, 3.63) is 94.8 Å². The summed E-state index contributed by atoms with van der Waals surface area (Å²) in [5.74, 6) is -0.727. The molecule has 2 aromatic carbocycles. The van der Waals surface area contributed by atoms with Crippen LogP contribution in [-0.4, -0.2) is 59.7 Å². The molecule has 0 amide bonds. The van der Waals surface area contributed by atoms with Gasteiger partial charge in [-0.25, -0.2) is 0 Å². The Morgan fingerprint density at radius 3 is 2.29 bits per heavy atom. The van der Waals surface area contributed by atoms with E-state index in [2.05, 4.69) is 9.88 Å². The third-order valence-electron chi connectivity index (χ3n) is 6.18. The van der Waals surface area contributed by atoms with Crippen molar-refractivity contribution in [3.63, 3.8) is 0 Å². The Hall–Kier alpha value is -2.82. The van der Waals surface area contributed by atoms with Gasteiger partial charge in [-0.3, -0.25) is 14.3 Å². The molecule has 1 fully saturated rings. The lowest BCUT2D eigenvalue weighted by atomic mass is 10.0. The van der Waals surface area contributed by atoms with Gasteiger partial charge in [-0.05, 0) is 74.7 Å². The number of carbonyl (C=O) groups is 1. The van der Waals surface area contributed by atoms with Gasteiger partial charge in [0.15, 0.2) is 0 Å². The number of carboxylic acids is 1. The minimum Gasteiger partial charge on any atom is -0.481 e. The van der Waals surface area contributed by atoms with Gasteiger partial charge >= 0.3 is 5.97 Å². The van der Waals surface area contributed by atoms with Gasteiger partial charge in [0.2, 0.25) is 0 Å². The molecule has 1 aliphatic heterocycles. The monoisotopic (exact) mass is 560 g/mol. The number of ether oxygens (including phenoxy) is 1. The van der Waals surface area contributed by atoms with Crippen LogP contribution in [0.15, 0.2) is 77.8 Å². The number of aryl methyl sites for hydroxylation is 1. The van der Waals surface area contributed by atoms with Crippen LogP contribution in [0.25, 0.3) is 0 Å². The second kappa shape index (κ2) is 14.4. The highest BCUT2D eigenvalue weighted by Gasteiger charge is 2.25. The van der Waals surface area contributed by atoms with E-state index in [1.807, 2.05) is 49.4 Å². The SMILES string of the molecule is Cc1ccc(S(=O)(=O)O)cc1.O=C(O)CCCN1CCC(O[C@@H](c2ccc(Cl)cc2)c2ccccn2)CC1. The summed E-state index contributed by atoms with van der Waals surface area (Å²) in [4.78, 5) is 17.4. The number of aliphatic carboxylic acids is 1. The zero-order valence-corrected chi connectivity index (χ0v) is 22.8. The topological polar surface area (TPSA) is 117 Å². The number of piperidine rings is 1. The fraction of sp³-hybridized carbons (Fsp3) is 0.357. The van der Waals surface area contributed by atoms with Gasteiger partial charge in [0.05, 0.1) is 16.7 Å². The van der Waals surface area contributed by atoms with Crippen LogP contribution in [-0.2, 0) is 19.6 Å². The Bertz CT molecular complexity index is 1250. The summed E-state index contributed by atoms with van der Waals surface area (Å²) in [5, 5.41) is 9.47. The van der Waals surface area contributed by atoms with Crippen LogP contribution in [0.5, 0.6) is 0 Å². The fourth-order valence-electron chi connectivity index (χ4n) is 4.11. The van der Waals surface area contributed by atoms with Crippen molar-refractivity contribution in [2.75, 3.05) is 19.6 Å². The van der Waals surface area contributed by atoms with Gasteiger partial charge in [0.25, 0.3) is 10.1 Å². The molecule has 204 valence electrons. The molecule has 0 radical (unpaired) electrons. The molecular weight excluding hydrogens is 528 g/mol. The molecule has 0 unspecified atom stereocenters. The molecular formula is C28H33ClN2O6S. The molecule has 10 heteroatoms. The molecule has 2 heterocycles. The van der Waals surface area contributed by atoms with E-state index in [-0.39, 0.29) is 23.5 Å². The molecule has 1 aliphatic rings. The fourth-order valence-corrected chi connectivity index (χ4v) is 4.72. The average Bonchev–Trinajstić information content (AvgIpc) is 2.89. The number of nitrogens with zero attached hydrogens (tertiary/aromatic N) is 2. The van der Waals surface area contributed by atoms with Crippen molar-refractivity contribution in [3.8, 4) is 0 Å². The van der Waals surface area contributed by atoms with Crippen molar-refractivity contribution < 1.29 is 27.6 Å². The summed E-state index contributed by atoms with van der Waals surface area (Å²) in [5.41, 5.74) is 2.89. The number of pyridine rings is 1. The van der Waals surface area contributed by atoms with Crippen LogP contribution in [0, 0.1) is 6.92 Å². The summed E-state index contributed by atoms with van der Waals surface area (Å²) in [6.45, 7) is 4.54. The van der Waals surface area contributed by atoms with Crippen LogP contribution in [0.2, 0.25) is 5.02 Å². The minimum absolute atomic E-state index is 0.0666. The zero-order valence-electron chi connectivity index (χ0n) is 21.2. The van der Waals surface area contributed by atoms with E-state index in [0.717, 1.165) is 49.3 Å². The predicted octanol–water partition coefficient (Wildman–Crippen LogP) is 5.41. The summed E-state index contributed by atoms with van der Waals surface area (Å²) < 4.78 is 36.0. The quantitative estimate of drug-likeness (QED) is 0.333. The first-order chi connectivity index (χ1) is 18.1. The number of hydrogen-bond acceptors (Lipinski definition) is 6. The average molecular weight is 561 g/mol. The van der Waals surface area contributed by atoms with Gasteiger partial charge in [-0.1, -0.05) is 47.5 Å². The maximum Gasteiger partial charge on any atom is 0.303 e. The summed E-state index contributed by atoms with van der Waals surface area (Å²) in [7, 11) is -4.02. The second-order valence-electron chi connectivity index (χ2n) is 9.15. The lowest BCUT2D eigenvalue weighted by Gasteiger charge is -2.34. The lowest BCUT2D eigenvalue weighted by Crippen LogP contribution is -2.38. The van der Waals surface area contributed by atoms with E-state index in [1.165, 1.54) is 12.1 Å². The minimum atomic E-state index is -4.02. The standard InChI is InChI=1S/C21H25ClN2O3.C7H8O3S/c22-17-8-6-16(7-9-17)21(19-4-1-2-12-23-19)27-18-10-14-24(15-11-18)13-3-5-20(25)26;1-6-2-4-7(5-3-6)11(8,9)10/h1-2,4,6-9,12,18,21H,3,5,10-11,13-15H2,(H,25,26);2-5H,1H3,(H,8,9,10)/t21-;/m0./s1. The number of likely N-dealkylation sites (tertiary alicyclic amines) is 1. The van der Waals surface area contributed by atoms with Crippen LogP contribution < -0.4 is 0 Å². The van der Waals surface area contributed by atoms with Gasteiger partial charge in [0.1, 0.15) is 6.10 Å². The zero-order chi connectivity index (χ0) is 27.5. The molecule has 2 N–H and O–H groups in total. The van der Waals surface area contributed by atoms with Gasteiger partial charge in [-0.15, -0.1) is 0 Å². The van der Waals surface area contributed by atoms with Crippen molar-refractivity contribution in [1.82, 2.24) is 9.88 Å². The maximum absolute atomic E-state index is 10.7. The van der Waals surface area contributed by atoms with Crippen LogP contribution in [0.4, 0.5) is 0 Å². The second-order valence-corrected chi connectivity index (χ2v) is 11.0. The van der Waals surface area contributed by atoms with Gasteiger partial charge in [-0.2, -0.15) is 8.42 Å². The third kappa shape index (κ3) is 9.81. The Labute approximate surface area is 229 Å². The molecule has 3 aromatic rings. The molecule has 0 bridgehead atoms. The third-order valence-corrected chi connectivity index (χ3v) is 7.30. The number of aromatic nitrogens is 1.